The second kappa shape index (κ2) is 6.24. The Hall–Kier alpha value is -2.29. The minimum Gasteiger partial charge on any atom is -0.462 e. The van der Waals surface area contributed by atoms with Gasteiger partial charge in [0.15, 0.2) is 0 Å². The van der Waals surface area contributed by atoms with Crippen molar-refractivity contribution >= 4 is 17.7 Å². The van der Waals surface area contributed by atoms with Gasteiger partial charge in [0.1, 0.15) is 11.5 Å². The van der Waals surface area contributed by atoms with Crippen molar-refractivity contribution in [3.63, 3.8) is 0 Å². The molecule has 0 aliphatic rings. The summed E-state index contributed by atoms with van der Waals surface area (Å²) in [5.74, 6) is 1.36. The molecule has 1 N–H and O–H groups in total. The fourth-order valence-corrected chi connectivity index (χ4v) is 2.07. The first kappa shape index (κ1) is 14.1. The Morgan fingerprint density at radius 2 is 2.05 bits per heavy atom. The zero-order valence-electron chi connectivity index (χ0n) is 12.1. The van der Waals surface area contributed by atoms with E-state index >= 15 is 0 Å². The molecule has 0 atom stereocenters. The topological polar surface area (TPSA) is 42.2 Å². The van der Waals surface area contributed by atoms with Crippen LogP contribution < -0.4 is 5.32 Å². The van der Waals surface area contributed by atoms with Gasteiger partial charge in [0, 0.05) is 11.8 Å². The number of aryl methyl sites for hydroxylation is 3. The van der Waals surface area contributed by atoms with E-state index in [0.717, 1.165) is 29.0 Å². The second-order valence-electron chi connectivity index (χ2n) is 4.73. The molecule has 1 aromatic heterocycles. The van der Waals surface area contributed by atoms with Crippen LogP contribution in [-0.2, 0) is 11.2 Å². The van der Waals surface area contributed by atoms with Crippen LogP contribution in [0.5, 0.6) is 0 Å². The molecule has 0 saturated carbocycles. The highest BCUT2D eigenvalue weighted by molar-refractivity contribution is 6.02. The number of rotatable bonds is 4. The molecular formula is C17H19NO2. The van der Waals surface area contributed by atoms with Gasteiger partial charge in [0.2, 0.25) is 5.91 Å². The van der Waals surface area contributed by atoms with E-state index in [1.54, 1.807) is 6.08 Å². The monoisotopic (exact) mass is 269 g/mol. The van der Waals surface area contributed by atoms with Crippen molar-refractivity contribution in [2.45, 2.75) is 27.2 Å². The van der Waals surface area contributed by atoms with E-state index in [0.29, 0.717) is 5.76 Å². The number of hydrogen-bond acceptors (Lipinski definition) is 2. The number of benzene rings is 1. The number of furan rings is 1. The lowest BCUT2D eigenvalue weighted by Crippen LogP contribution is -2.10. The minimum atomic E-state index is -0.150. The van der Waals surface area contributed by atoms with Crippen LogP contribution in [0, 0.1) is 13.8 Å². The highest BCUT2D eigenvalue weighted by atomic mass is 16.3. The average molecular weight is 269 g/mol. The molecule has 0 aliphatic carbocycles. The summed E-state index contributed by atoms with van der Waals surface area (Å²) in [6.07, 6.45) is 4.05. The number of carbonyl (C=O) groups excluding carboxylic acids is 1. The second-order valence-corrected chi connectivity index (χ2v) is 4.73. The predicted molar refractivity (Wildman–Crippen MR) is 81.7 cm³/mol. The van der Waals surface area contributed by atoms with Crippen LogP contribution >= 0.6 is 0 Å². The molecule has 2 rings (SSSR count). The normalized spacial score (nSPS) is 10.9. The van der Waals surface area contributed by atoms with Crippen molar-refractivity contribution in [2.75, 3.05) is 5.32 Å². The third-order valence-electron chi connectivity index (χ3n) is 3.15. The van der Waals surface area contributed by atoms with E-state index < -0.39 is 0 Å². The first-order chi connectivity index (χ1) is 9.60. The summed E-state index contributed by atoms with van der Waals surface area (Å²) < 4.78 is 5.39. The Bertz CT molecular complexity index is 638. The van der Waals surface area contributed by atoms with Crippen LogP contribution in [-0.4, -0.2) is 5.91 Å². The smallest absolute Gasteiger partial charge is 0.248 e. The fourth-order valence-electron chi connectivity index (χ4n) is 2.07. The van der Waals surface area contributed by atoms with E-state index in [1.165, 1.54) is 6.08 Å². The molecule has 20 heavy (non-hydrogen) atoms. The van der Waals surface area contributed by atoms with E-state index in [-0.39, 0.29) is 5.91 Å². The van der Waals surface area contributed by atoms with Gasteiger partial charge in [0.05, 0.1) is 0 Å². The first-order valence-electron chi connectivity index (χ1n) is 6.74. The molecule has 1 heterocycles. The number of amides is 1. The van der Waals surface area contributed by atoms with Gasteiger partial charge in [-0.2, -0.15) is 0 Å². The lowest BCUT2D eigenvalue weighted by molar-refractivity contribution is -0.111. The van der Waals surface area contributed by atoms with Crippen LogP contribution in [0.4, 0.5) is 5.69 Å². The number of para-hydroxylation sites is 1. The van der Waals surface area contributed by atoms with Crippen LogP contribution in [0.3, 0.4) is 0 Å². The van der Waals surface area contributed by atoms with Crippen molar-refractivity contribution in [3.05, 3.63) is 59.1 Å². The van der Waals surface area contributed by atoms with E-state index in [1.807, 2.05) is 44.2 Å². The summed E-state index contributed by atoms with van der Waals surface area (Å²) in [5.41, 5.74) is 3.11. The molecule has 0 radical (unpaired) electrons. The molecule has 0 saturated heterocycles. The first-order valence-corrected chi connectivity index (χ1v) is 6.74. The maximum Gasteiger partial charge on any atom is 0.248 e. The van der Waals surface area contributed by atoms with Gasteiger partial charge in [-0.1, -0.05) is 25.1 Å². The van der Waals surface area contributed by atoms with Crippen LogP contribution in [0.25, 0.3) is 6.08 Å². The third-order valence-corrected chi connectivity index (χ3v) is 3.15. The Balaban J connectivity index is 2.10. The van der Waals surface area contributed by atoms with Crippen molar-refractivity contribution < 1.29 is 9.21 Å². The van der Waals surface area contributed by atoms with Crippen molar-refractivity contribution in [3.8, 4) is 0 Å². The largest absolute Gasteiger partial charge is 0.462 e. The highest BCUT2D eigenvalue weighted by Gasteiger charge is 2.06. The molecule has 0 aliphatic heterocycles. The van der Waals surface area contributed by atoms with Crippen LogP contribution in [0.2, 0.25) is 0 Å². The third kappa shape index (κ3) is 3.38. The molecule has 3 heteroatoms. The van der Waals surface area contributed by atoms with Gasteiger partial charge in [-0.3, -0.25) is 4.79 Å². The quantitative estimate of drug-likeness (QED) is 0.849. The Morgan fingerprint density at radius 1 is 1.25 bits per heavy atom. The average Bonchev–Trinajstić information content (AvgIpc) is 2.84. The standard InChI is InChI=1S/C17H19NO2/c1-4-14-7-5-6-12(2)17(14)18-16(19)11-10-15-9-8-13(3)20-15/h5-11H,4H2,1-3H3,(H,18,19)/b11-10+. The molecule has 0 unspecified atom stereocenters. The Labute approximate surface area is 119 Å². The van der Waals surface area contributed by atoms with Gasteiger partial charge in [-0.05, 0) is 49.6 Å². The van der Waals surface area contributed by atoms with Gasteiger partial charge in [-0.25, -0.2) is 0 Å². The zero-order chi connectivity index (χ0) is 14.5. The van der Waals surface area contributed by atoms with Crippen LogP contribution in [0.15, 0.2) is 40.8 Å². The molecule has 0 fully saturated rings. The van der Waals surface area contributed by atoms with Gasteiger partial charge < -0.3 is 9.73 Å². The van der Waals surface area contributed by atoms with Gasteiger partial charge >= 0.3 is 0 Å². The number of carbonyl (C=O) groups is 1. The summed E-state index contributed by atoms with van der Waals surface area (Å²) in [5, 5.41) is 2.94. The van der Waals surface area contributed by atoms with E-state index in [9.17, 15) is 4.79 Å². The van der Waals surface area contributed by atoms with E-state index in [2.05, 4.69) is 12.2 Å². The molecule has 0 bridgehead atoms. The molecule has 1 amide bonds. The molecule has 104 valence electrons. The van der Waals surface area contributed by atoms with Gasteiger partial charge in [-0.15, -0.1) is 0 Å². The number of hydrogen-bond donors (Lipinski definition) is 1. The van der Waals surface area contributed by atoms with Crippen molar-refractivity contribution in [1.29, 1.82) is 0 Å². The zero-order valence-corrected chi connectivity index (χ0v) is 12.1. The van der Waals surface area contributed by atoms with Crippen molar-refractivity contribution in [1.82, 2.24) is 0 Å². The summed E-state index contributed by atoms with van der Waals surface area (Å²) in [6.45, 7) is 5.94. The SMILES string of the molecule is CCc1cccc(C)c1NC(=O)/C=C/c1ccc(C)o1. The maximum atomic E-state index is 12.0. The summed E-state index contributed by atoms with van der Waals surface area (Å²) in [6, 6.07) is 9.74. The van der Waals surface area contributed by atoms with E-state index in [4.69, 9.17) is 4.42 Å². The van der Waals surface area contributed by atoms with Crippen molar-refractivity contribution in [2.24, 2.45) is 0 Å². The lowest BCUT2D eigenvalue weighted by atomic mass is 10.1. The molecule has 0 spiro atoms. The van der Waals surface area contributed by atoms with Gasteiger partial charge in [0.25, 0.3) is 0 Å². The Kier molecular flexibility index (Phi) is 4.41. The predicted octanol–water partition coefficient (Wildman–Crippen LogP) is 4.11. The molecule has 1 aromatic carbocycles. The highest BCUT2D eigenvalue weighted by Crippen LogP contribution is 2.21. The summed E-state index contributed by atoms with van der Waals surface area (Å²) in [7, 11) is 0. The maximum absolute atomic E-state index is 12.0. The number of nitrogens with one attached hydrogen (secondary N) is 1. The minimum absolute atomic E-state index is 0.150. The molecule has 3 nitrogen and oxygen atoms in total. The summed E-state index contributed by atoms with van der Waals surface area (Å²) >= 11 is 0. The summed E-state index contributed by atoms with van der Waals surface area (Å²) in [4.78, 5) is 12.0. The molecule has 2 aromatic rings. The Morgan fingerprint density at radius 3 is 2.70 bits per heavy atom. The lowest BCUT2D eigenvalue weighted by Gasteiger charge is -2.11. The fraction of sp³-hybridized carbons (Fsp3) is 0.235. The number of anilines is 1. The van der Waals surface area contributed by atoms with Crippen LogP contribution in [0.1, 0.15) is 29.6 Å². The molecular weight excluding hydrogens is 250 g/mol.